The fourth-order valence-electron chi connectivity index (χ4n) is 0.0556. The van der Waals surface area contributed by atoms with Crippen molar-refractivity contribution in [2.75, 3.05) is 6.61 Å². The maximum absolute atomic E-state index is 5.00. The molecule has 1 heterocycles. The molecule has 0 saturated carbocycles. The van der Waals surface area contributed by atoms with Crippen LogP contribution in [0.5, 0.6) is 0 Å². The summed E-state index contributed by atoms with van der Waals surface area (Å²) in [6.07, 6.45) is 0.0833. The average molecular weight is 56.1 g/mol. The normalized spacial score (nSPS) is 39.8. The fourth-order valence-corrected chi connectivity index (χ4v) is 0.0556. The van der Waals surface area contributed by atoms with Crippen LogP contribution in [0.25, 0.3) is 0 Å². The Morgan fingerprint density at radius 3 is 2.25 bits per heavy atom. The zero-order valence-corrected chi connectivity index (χ0v) is 2.27. The van der Waals surface area contributed by atoms with Crippen molar-refractivity contribution in [1.82, 2.24) is 0 Å². The van der Waals surface area contributed by atoms with Gasteiger partial charge in [-0.15, -0.1) is 0 Å². The molecule has 0 unspecified atom stereocenters. The Hall–Kier alpha value is -0.0400. The molecule has 0 aromatic rings. The van der Waals surface area contributed by atoms with Gasteiger partial charge < -0.3 is 4.74 Å². The van der Waals surface area contributed by atoms with Gasteiger partial charge in [0.25, 0.3) is 0 Å². The molecule has 0 aromatic carbocycles. The minimum atomic E-state index is 0.0833. The molecule has 0 N–H and O–H groups in total. The maximum atomic E-state index is 5.00. The molecule has 1 aliphatic heterocycles. The number of hydrogen-bond acceptors (Lipinski definition) is 1. The van der Waals surface area contributed by atoms with E-state index in [0.717, 1.165) is 6.61 Å². The Morgan fingerprint density at radius 2 is 2.25 bits per heavy atom. The lowest BCUT2D eigenvalue weighted by Crippen LogP contribution is -1.61. The predicted molar refractivity (Wildman–Crippen MR) is 14.0 cm³/mol. The van der Waals surface area contributed by atoms with Gasteiger partial charge in [-0.2, -0.15) is 0 Å². The quantitative estimate of drug-likeness (QED) is 0.358. The summed E-state index contributed by atoms with van der Waals surface area (Å²) in [5.74, 6) is 0. The summed E-state index contributed by atoms with van der Waals surface area (Å²) in [4.78, 5) is 0. The van der Waals surface area contributed by atoms with Crippen LogP contribution in [0.1, 0.15) is 0 Å². The molecule has 4 heavy (non-hydrogen) atoms. The van der Waals surface area contributed by atoms with Gasteiger partial charge in [-0.3, -0.25) is 0 Å². The molecule has 0 bridgehead atoms. The topological polar surface area (TPSA) is 12.5 Å². The van der Waals surface area contributed by atoms with Crippen LogP contribution in [-0.4, -0.2) is 12.7 Å². The van der Waals surface area contributed by atoms with Gasteiger partial charge in [0.1, 0.15) is 0 Å². The first-order chi connectivity index (χ1) is 1.89. The lowest BCUT2D eigenvalue weighted by Gasteiger charge is -1.49. The minimum Gasteiger partial charge on any atom is -0.373 e. The second kappa shape index (κ2) is 0.462. The van der Waals surface area contributed by atoms with E-state index in [2.05, 4.69) is 4.74 Å². The Kier molecular flexibility index (Phi) is 0.256. The van der Waals surface area contributed by atoms with Crippen molar-refractivity contribution < 1.29 is 4.74 Å². The van der Waals surface area contributed by atoms with E-state index < -0.39 is 0 Å². The predicted octanol–water partition coefficient (Wildman–Crippen LogP) is 0.0963. The highest BCUT2D eigenvalue weighted by atomic mass is 16.6. The monoisotopic (exact) mass is 56.0 g/mol. The highest BCUT2D eigenvalue weighted by Crippen LogP contribution is 2.03. The molecule has 1 fully saturated rings. The van der Waals surface area contributed by atoms with E-state index in [1.54, 1.807) is 0 Å². The van der Waals surface area contributed by atoms with Gasteiger partial charge in [-0.1, -0.05) is 0 Å². The zero-order chi connectivity index (χ0) is 2.99. The third-order valence-corrected chi connectivity index (χ3v) is 0.359. The van der Waals surface area contributed by atoms with Crippen LogP contribution < -0.4 is 0 Å². The molecule has 1 atom stereocenters. The van der Waals surface area contributed by atoms with Crippen LogP contribution in [0.2, 0.25) is 0 Å². The van der Waals surface area contributed by atoms with E-state index in [1.165, 1.54) is 0 Å². The Morgan fingerprint density at radius 1 is 2.00 bits per heavy atom. The molecule has 0 spiro atoms. The van der Waals surface area contributed by atoms with Gasteiger partial charge in [-0.05, 0) is 6.92 Å². The summed E-state index contributed by atoms with van der Waals surface area (Å²) in [6, 6.07) is 0. The smallest absolute Gasteiger partial charge is 0.0845 e. The SMILES string of the molecule is [CH][C@@H]1CO1. The Bertz CT molecular complexity index is 22.5. The number of ether oxygens (including phenoxy) is 1. The standard InChI is InChI=1S/C3H4O/c1-3-2-4-3/h1,3H,2H2/t3-/m1/s1. The molecule has 0 aliphatic carbocycles. The summed E-state index contributed by atoms with van der Waals surface area (Å²) in [5, 5.41) is 0. The van der Waals surface area contributed by atoms with Crippen molar-refractivity contribution >= 4 is 0 Å². The van der Waals surface area contributed by atoms with Gasteiger partial charge in [0.15, 0.2) is 0 Å². The van der Waals surface area contributed by atoms with Crippen LogP contribution in [0, 0.1) is 6.92 Å². The van der Waals surface area contributed by atoms with Gasteiger partial charge in [0.05, 0.1) is 12.7 Å². The largest absolute Gasteiger partial charge is 0.373 e. The first-order valence-corrected chi connectivity index (χ1v) is 1.27. The third kappa shape index (κ3) is 0.206. The van der Waals surface area contributed by atoms with E-state index in [4.69, 9.17) is 6.92 Å². The van der Waals surface area contributed by atoms with Crippen molar-refractivity contribution in [1.29, 1.82) is 0 Å². The zero-order valence-electron chi connectivity index (χ0n) is 2.27. The summed E-state index contributed by atoms with van der Waals surface area (Å²) in [6.45, 7) is 5.76. The van der Waals surface area contributed by atoms with Crippen LogP contribution >= 0.6 is 0 Å². The Balaban J connectivity index is 2.17. The lowest BCUT2D eigenvalue weighted by atomic mass is 10.6. The van der Waals surface area contributed by atoms with Gasteiger partial charge in [0.2, 0.25) is 0 Å². The van der Waals surface area contributed by atoms with E-state index in [1.807, 2.05) is 0 Å². The summed E-state index contributed by atoms with van der Waals surface area (Å²) < 4.78 is 4.49. The molecule has 1 aliphatic rings. The first kappa shape index (κ1) is 2.21. The molecule has 1 heteroatoms. The fraction of sp³-hybridized carbons (Fsp3) is 0.667. The highest BCUT2D eigenvalue weighted by molar-refractivity contribution is 4.69. The van der Waals surface area contributed by atoms with Gasteiger partial charge in [-0.25, -0.2) is 0 Å². The highest BCUT2D eigenvalue weighted by Gasteiger charge is 2.13. The molecule has 0 amide bonds. The van der Waals surface area contributed by atoms with Crippen molar-refractivity contribution in [2.24, 2.45) is 0 Å². The van der Waals surface area contributed by atoms with Crippen LogP contribution in [0.15, 0.2) is 0 Å². The molecule has 0 aromatic heterocycles. The van der Waals surface area contributed by atoms with E-state index in [-0.39, 0.29) is 6.10 Å². The van der Waals surface area contributed by atoms with E-state index in [0.29, 0.717) is 0 Å². The molecule has 1 nitrogen and oxygen atoms in total. The van der Waals surface area contributed by atoms with E-state index >= 15 is 0 Å². The van der Waals surface area contributed by atoms with E-state index in [9.17, 15) is 0 Å². The van der Waals surface area contributed by atoms with Crippen LogP contribution in [0.3, 0.4) is 0 Å². The molecule has 22 valence electrons. The van der Waals surface area contributed by atoms with Crippen molar-refractivity contribution in [2.45, 2.75) is 6.10 Å². The molecule has 1 rings (SSSR count). The third-order valence-electron chi connectivity index (χ3n) is 0.359. The minimum absolute atomic E-state index is 0.0833. The van der Waals surface area contributed by atoms with Crippen molar-refractivity contribution in [3.63, 3.8) is 0 Å². The molecular weight excluding hydrogens is 52.0 g/mol. The second-order valence-electron chi connectivity index (χ2n) is 0.872. The average Bonchev–Trinajstić information content (AvgIpc) is 1.75. The molecule has 1 saturated heterocycles. The second-order valence-corrected chi connectivity index (χ2v) is 0.872. The lowest BCUT2D eigenvalue weighted by molar-refractivity contribution is 0.439. The summed E-state index contributed by atoms with van der Waals surface area (Å²) >= 11 is 0. The van der Waals surface area contributed by atoms with Crippen molar-refractivity contribution in [3.8, 4) is 0 Å². The number of epoxide rings is 1. The van der Waals surface area contributed by atoms with Crippen molar-refractivity contribution in [3.05, 3.63) is 6.92 Å². The Labute approximate surface area is 25.6 Å². The first-order valence-electron chi connectivity index (χ1n) is 1.27. The molecular formula is C3H4O. The summed E-state index contributed by atoms with van der Waals surface area (Å²) in [5.41, 5.74) is 0. The van der Waals surface area contributed by atoms with Crippen LogP contribution in [0.4, 0.5) is 0 Å². The van der Waals surface area contributed by atoms with Crippen LogP contribution in [-0.2, 0) is 4.74 Å². The van der Waals surface area contributed by atoms with Gasteiger partial charge in [0, 0.05) is 0 Å². The maximum Gasteiger partial charge on any atom is 0.0845 e. The number of rotatable bonds is 0. The number of hydrogen-bond donors (Lipinski definition) is 0. The summed E-state index contributed by atoms with van der Waals surface area (Å²) in [7, 11) is 0. The van der Waals surface area contributed by atoms with Gasteiger partial charge >= 0.3 is 0 Å². The molecule has 2 radical (unpaired) electrons.